The lowest BCUT2D eigenvalue weighted by Gasteiger charge is -2.06. The predicted octanol–water partition coefficient (Wildman–Crippen LogP) is 2.07. The summed E-state index contributed by atoms with van der Waals surface area (Å²) in [6, 6.07) is 7.25. The number of ether oxygens (including phenoxy) is 1. The van der Waals surface area contributed by atoms with E-state index in [4.69, 9.17) is 4.74 Å². The lowest BCUT2D eigenvalue weighted by atomic mass is 10.1. The molecule has 1 aromatic rings. The Morgan fingerprint density at radius 3 is 3.00 bits per heavy atom. The van der Waals surface area contributed by atoms with E-state index in [0.29, 0.717) is 0 Å². The fourth-order valence-corrected chi connectivity index (χ4v) is 1.03. The minimum atomic E-state index is -0.660. The van der Waals surface area contributed by atoms with Crippen LogP contribution < -0.4 is 4.74 Å². The van der Waals surface area contributed by atoms with Crippen molar-refractivity contribution in [3.8, 4) is 5.75 Å². The highest BCUT2D eigenvalue weighted by Crippen LogP contribution is 2.19. The fraction of sp³-hybridized carbons (Fsp3) is 0.182. The molecule has 0 aromatic heterocycles. The van der Waals surface area contributed by atoms with Gasteiger partial charge in [-0.3, -0.25) is 0 Å². The summed E-state index contributed by atoms with van der Waals surface area (Å²) in [5.41, 5.74) is 3.31. The first-order chi connectivity index (χ1) is 6.27. The first kappa shape index (κ1) is 9.59. The first-order valence-electron chi connectivity index (χ1n) is 3.96. The molecule has 0 radical (unpaired) electrons. The lowest BCUT2D eigenvalue weighted by molar-refractivity contribution is 0.228. The van der Waals surface area contributed by atoms with Gasteiger partial charge < -0.3 is 9.84 Å². The molecular formula is C11H12O2. The summed E-state index contributed by atoms with van der Waals surface area (Å²) in [7, 11) is 1.59. The molecule has 0 aliphatic rings. The van der Waals surface area contributed by atoms with Crippen molar-refractivity contribution in [1.29, 1.82) is 0 Å². The maximum Gasteiger partial charge on any atom is 0.119 e. The second-order valence-electron chi connectivity index (χ2n) is 2.59. The van der Waals surface area contributed by atoms with Crippen molar-refractivity contribution in [2.24, 2.45) is 0 Å². The van der Waals surface area contributed by atoms with Gasteiger partial charge in [0.2, 0.25) is 0 Å². The van der Waals surface area contributed by atoms with E-state index in [0.717, 1.165) is 11.3 Å². The van der Waals surface area contributed by atoms with Gasteiger partial charge in [-0.05, 0) is 23.8 Å². The molecule has 0 aliphatic carbocycles. The van der Waals surface area contributed by atoms with Crippen LogP contribution in [-0.4, -0.2) is 12.2 Å². The number of aliphatic hydroxyl groups is 1. The zero-order valence-electron chi connectivity index (χ0n) is 7.53. The van der Waals surface area contributed by atoms with Gasteiger partial charge in [0.25, 0.3) is 0 Å². The third kappa shape index (κ3) is 2.48. The van der Waals surface area contributed by atoms with E-state index in [1.807, 2.05) is 18.2 Å². The van der Waals surface area contributed by atoms with Crippen LogP contribution in [0.15, 0.2) is 42.7 Å². The highest BCUT2D eigenvalue weighted by atomic mass is 16.5. The normalized spacial score (nSPS) is 11.5. The van der Waals surface area contributed by atoms with Crippen LogP contribution in [0.2, 0.25) is 0 Å². The molecule has 68 valence electrons. The smallest absolute Gasteiger partial charge is 0.119 e. The Hall–Kier alpha value is -1.50. The highest BCUT2D eigenvalue weighted by molar-refractivity contribution is 5.31. The van der Waals surface area contributed by atoms with Crippen LogP contribution in [0.4, 0.5) is 0 Å². The molecule has 1 aromatic carbocycles. The number of aliphatic hydroxyl groups excluding tert-OH is 1. The van der Waals surface area contributed by atoms with Crippen LogP contribution >= 0.6 is 0 Å². The van der Waals surface area contributed by atoms with Crippen LogP contribution in [0.1, 0.15) is 11.7 Å². The van der Waals surface area contributed by atoms with Crippen LogP contribution in [0, 0.1) is 0 Å². The van der Waals surface area contributed by atoms with E-state index in [-0.39, 0.29) is 0 Å². The topological polar surface area (TPSA) is 29.5 Å². The molecule has 2 nitrogen and oxygen atoms in total. The van der Waals surface area contributed by atoms with E-state index in [9.17, 15) is 5.11 Å². The Labute approximate surface area is 77.8 Å². The van der Waals surface area contributed by atoms with E-state index in [2.05, 4.69) is 12.3 Å². The zero-order valence-corrected chi connectivity index (χ0v) is 7.53. The van der Waals surface area contributed by atoms with Gasteiger partial charge in [0.1, 0.15) is 11.9 Å². The Bertz CT molecular complexity index is 325. The zero-order chi connectivity index (χ0) is 9.68. The Balaban J connectivity index is 2.94. The molecule has 0 aliphatic heterocycles. The van der Waals surface area contributed by atoms with Crippen molar-refractivity contribution in [2.75, 3.05) is 7.11 Å². The summed E-state index contributed by atoms with van der Waals surface area (Å²) < 4.78 is 5.02. The van der Waals surface area contributed by atoms with Gasteiger partial charge >= 0.3 is 0 Å². The van der Waals surface area contributed by atoms with Crippen molar-refractivity contribution >= 4 is 0 Å². The molecule has 0 spiro atoms. The molecule has 0 unspecified atom stereocenters. The van der Waals surface area contributed by atoms with Crippen LogP contribution in [-0.2, 0) is 0 Å². The third-order valence-electron chi connectivity index (χ3n) is 1.71. The van der Waals surface area contributed by atoms with E-state index in [1.165, 1.54) is 6.08 Å². The third-order valence-corrected chi connectivity index (χ3v) is 1.71. The lowest BCUT2D eigenvalue weighted by Crippen LogP contribution is -1.93. The molecule has 0 saturated carbocycles. The SMILES string of the molecule is C=C=C[C@@H](O)c1cccc(OC)c1. The number of benzene rings is 1. The molecule has 0 heterocycles. The molecular weight excluding hydrogens is 164 g/mol. The Morgan fingerprint density at radius 2 is 2.38 bits per heavy atom. The highest BCUT2D eigenvalue weighted by Gasteiger charge is 2.03. The van der Waals surface area contributed by atoms with E-state index >= 15 is 0 Å². The summed E-state index contributed by atoms with van der Waals surface area (Å²) in [5, 5.41) is 9.53. The van der Waals surface area contributed by atoms with Crippen LogP contribution in [0.5, 0.6) is 5.75 Å². The van der Waals surface area contributed by atoms with Crippen LogP contribution in [0.25, 0.3) is 0 Å². The molecule has 2 heteroatoms. The van der Waals surface area contributed by atoms with Gasteiger partial charge in [-0.2, -0.15) is 0 Å². The fourth-order valence-electron chi connectivity index (χ4n) is 1.03. The number of hydrogen-bond acceptors (Lipinski definition) is 2. The van der Waals surface area contributed by atoms with Gasteiger partial charge in [-0.25, -0.2) is 0 Å². The van der Waals surface area contributed by atoms with Crippen molar-refractivity contribution in [2.45, 2.75) is 6.10 Å². The van der Waals surface area contributed by atoms with Crippen molar-refractivity contribution in [3.05, 3.63) is 48.2 Å². The van der Waals surface area contributed by atoms with E-state index < -0.39 is 6.10 Å². The van der Waals surface area contributed by atoms with E-state index in [1.54, 1.807) is 13.2 Å². The van der Waals surface area contributed by atoms with Gasteiger partial charge in [0.05, 0.1) is 7.11 Å². The molecule has 1 atom stereocenters. The summed E-state index contributed by atoms with van der Waals surface area (Å²) >= 11 is 0. The summed E-state index contributed by atoms with van der Waals surface area (Å²) in [6.45, 7) is 3.40. The van der Waals surface area contributed by atoms with Crippen molar-refractivity contribution in [1.82, 2.24) is 0 Å². The van der Waals surface area contributed by atoms with Gasteiger partial charge in [-0.15, -0.1) is 5.73 Å². The second kappa shape index (κ2) is 4.51. The minimum Gasteiger partial charge on any atom is -0.497 e. The summed E-state index contributed by atoms with van der Waals surface area (Å²) in [5.74, 6) is 0.731. The average molecular weight is 176 g/mol. The van der Waals surface area contributed by atoms with Gasteiger partial charge in [0.15, 0.2) is 0 Å². The van der Waals surface area contributed by atoms with Gasteiger partial charge in [-0.1, -0.05) is 18.7 Å². The quantitative estimate of drug-likeness (QED) is 0.714. The Kier molecular flexibility index (Phi) is 3.32. The summed E-state index contributed by atoms with van der Waals surface area (Å²) in [4.78, 5) is 0. The number of hydrogen-bond donors (Lipinski definition) is 1. The monoisotopic (exact) mass is 176 g/mol. The first-order valence-corrected chi connectivity index (χ1v) is 3.96. The van der Waals surface area contributed by atoms with Crippen molar-refractivity contribution in [3.63, 3.8) is 0 Å². The summed E-state index contributed by atoms with van der Waals surface area (Å²) in [6.07, 6.45) is 0.835. The minimum absolute atomic E-state index is 0.660. The number of methoxy groups -OCH3 is 1. The predicted molar refractivity (Wildman–Crippen MR) is 51.7 cm³/mol. The second-order valence-corrected chi connectivity index (χ2v) is 2.59. The van der Waals surface area contributed by atoms with Gasteiger partial charge in [0, 0.05) is 0 Å². The molecule has 1 rings (SSSR count). The molecule has 0 amide bonds. The molecule has 0 fully saturated rings. The molecule has 0 saturated heterocycles. The van der Waals surface area contributed by atoms with Crippen molar-refractivity contribution < 1.29 is 9.84 Å². The number of rotatable bonds is 3. The molecule has 13 heavy (non-hydrogen) atoms. The molecule has 1 N–H and O–H groups in total. The average Bonchev–Trinajstić information content (AvgIpc) is 2.18. The molecule has 0 bridgehead atoms. The van der Waals surface area contributed by atoms with Crippen LogP contribution in [0.3, 0.4) is 0 Å². The Morgan fingerprint density at radius 1 is 1.62 bits per heavy atom. The maximum atomic E-state index is 9.53. The largest absolute Gasteiger partial charge is 0.497 e. The standard InChI is InChI=1S/C11H12O2/c1-3-5-11(12)9-6-4-7-10(8-9)13-2/h4-8,11-12H,1H2,2H3/t11-/m1/s1. The maximum absolute atomic E-state index is 9.53.